The number of carbonyl (C=O) groups excluding carboxylic acids is 2. The molecule has 0 spiro atoms. The molecule has 0 saturated carbocycles. The molecule has 24 heavy (non-hydrogen) atoms. The molecule has 0 bridgehead atoms. The Kier molecular flexibility index (Phi) is 6.89. The Morgan fingerprint density at radius 2 is 1.71 bits per heavy atom. The Labute approximate surface area is 149 Å². The average molecular weight is 401 g/mol. The lowest BCUT2D eigenvalue weighted by atomic mass is 10.2. The standard InChI is InChI=1S/C16H21BrN2O5/c1-9(2)18(10(3)4)15(20)11(5)24-16(21)12-6-7-13(17)14(8-12)19(22)23/h6-11H,1-5H3. The van der Waals surface area contributed by atoms with Gasteiger partial charge in [-0.05, 0) is 62.7 Å². The van der Waals surface area contributed by atoms with Crippen LogP contribution in [0.5, 0.6) is 0 Å². The second-order valence-electron chi connectivity index (χ2n) is 5.90. The van der Waals surface area contributed by atoms with E-state index in [2.05, 4.69) is 15.9 Å². The Morgan fingerprint density at radius 3 is 2.17 bits per heavy atom. The number of halogens is 1. The third kappa shape index (κ3) is 4.77. The lowest BCUT2D eigenvalue weighted by Gasteiger charge is -2.32. The van der Waals surface area contributed by atoms with Crippen LogP contribution in [0, 0.1) is 10.1 Å². The van der Waals surface area contributed by atoms with Crippen LogP contribution in [0.15, 0.2) is 22.7 Å². The average Bonchev–Trinajstić information content (AvgIpc) is 2.46. The van der Waals surface area contributed by atoms with Gasteiger partial charge in [0.05, 0.1) is 15.0 Å². The first kappa shape index (κ1) is 20.1. The molecule has 0 fully saturated rings. The van der Waals surface area contributed by atoms with Gasteiger partial charge in [0, 0.05) is 18.2 Å². The number of hydrogen-bond donors (Lipinski definition) is 0. The van der Waals surface area contributed by atoms with Crippen molar-refractivity contribution >= 4 is 33.5 Å². The summed E-state index contributed by atoms with van der Waals surface area (Å²) in [7, 11) is 0. The van der Waals surface area contributed by atoms with Gasteiger partial charge in [-0.15, -0.1) is 0 Å². The number of nitrogens with zero attached hydrogens (tertiary/aromatic N) is 2. The highest BCUT2D eigenvalue weighted by molar-refractivity contribution is 9.10. The smallest absolute Gasteiger partial charge is 0.339 e. The molecule has 1 aromatic carbocycles. The molecule has 1 unspecified atom stereocenters. The molecular weight excluding hydrogens is 380 g/mol. The van der Waals surface area contributed by atoms with Gasteiger partial charge in [-0.1, -0.05) is 0 Å². The Bertz CT molecular complexity index is 637. The zero-order valence-corrected chi connectivity index (χ0v) is 15.9. The van der Waals surface area contributed by atoms with E-state index in [1.54, 1.807) is 4.90 Å². The lowest BCUT2D eigenvalue weighted by Crippen LogP contribution is -2.47. The van der Waals surface area contributed by atoms with E-state index in [1.165, 1.54) is 19.1 Å². The van der Waals surface area contributed by atoms with Crippen molar-refractivity contribution < 1.29 is 19.2 Å². The summed E-state index contributed by atoms with van der Waals surface area (Å²) >= 11 is 3.05. The van der Waals surface area contributed by atoms with Crippen LogP contribution in [-0.4, -0.2) is 39.9 Å². The molecule has 0 aliphatic carbocycles. The van der Waals surface area contributed by atoms with Crippen LogP contribution < -0.4 is 0 Å². The molecule has 1 rings (SSSR count). The van der Waals surface area contributed by atoms with Gasteiger partial charge in [-0.2, -0.15) is 0 Å². The van der Waals surface area contributed by atoms with Crippen molar-refractivity contribution in [3.05, 3.63) is 38.3 Å². The van der Waals surface area contributed by atoms with Gasteiger partial charge in [0.1, 0.15) is 0 Å². The van der Waals surface area contributed by atoms with E-state index in [-0.39, 0.29) is 33.7 Å². The molecule has 1 atom stereocenters. The van der Waals surface area contributed by atoms with Crippen LogP contribution in [0.3, 0.4) is 0 Å². The van der Waals surface area contributed by atoms with Gasteiger partial charge < -0.3 is 9.64 Å². The molecule has 0 saturated heterocycles. The number of hydrogen-bond acceptors (Lipinski definition) is 5. The van der Waals surface area contributed by atoms with Gasteiger partial charge in [-0.3, -0.25) is 14.9 Å². The number of nitro benzene ring substituents is 1. The quantitative estimate of drug-likeness (QED) is 0.413. The number of amides is 1. The first-order valence-corrected chi connectivity index (χ1v) is 8.32. The molecule has 0 N–H and O–H groups in total. The molecule has 0 radical (unpaired) electrons. The zero-order valence-electron chi connectivity index (χ0n) is 14.3. The van der Waals surface area contributed by atoms with Crippen LogP contribution in [-0.2, 0) is 9.53 Å². The first-order valence-electron chi connectivity index (χ1n) is 7.53. The molecule has 0 aliphatic heterocycles. The van der Waals surface area contributed by atoms with E-state index >= 15 is 0 Å². The van der Waals surface area contributed by atoms with Crippen molar-refractivity contribution in [3.8, 4) is 0 Å². The predicted octanol–water partition coefficient (Wildman–Crippen LogP) is 3.55. The van der Waals surface area contributed by atoms with Crippen molar-refractivity contribution in [1.29, 1.82) is 0 Å². The highest BCUT2D eigenvalue weighted by Gasteiger charge is 2.28. The van der Waals surface area contributed by atoms with Gasteiger partial charge in [-0.25, -0.2) is 4.79 Å². The summed E-state index contributed by atoms with van der Waals surface area (Å²) in [6, 6.07) is 3.85. The van der Waals surface area contributed by atoms with Crippen LogP contribution in [0.1, 0.15) is 45.0 Å². The maximum absolute atomic E-state index is 12.5. The molecule has 132 valence electrons. The minimum atomic E-state index is -0.981. The molecule has 0 heterocycles. The Hall–Kier alpha value is -1.96. The third-order valence-corrected chi connectivity index (χ3v) is 4.05. The van der Waals surface area contributed by atoms with Crippen molar-refractivity contribution in [2.45, 2.75) is 52.8 Å². The molecule has 0 aliphatic rings. The summed E-state index contributed by atoms with van der Waals surface area (Å²) in [6.07, 6.45) is -0.981. The molecule has 7 nitrogen and oxygen atoms in total. The van der Waals surface area contributed by atoms with Gasteiger partial charge in [0.2, 0.25) is 0 Å². The number of nitro groups is 1. The number of esters is 1. The van der Waals surface area contributed by atoms with Crippen molar-refractivity contribution in [2.24, 2.45) is 0 Å². The largest absolute Gasteiger partial charge is 0.449 e. The third-order valence-electron chi connectivity index (χ3n) is 3.38. The summed E-state index contributed by atoms with van der Waals surface area (Å²) < 4.78 is 5.45. The maximum atomic E-state index is 12.5. The SMILES string of the molecule is CC(OC(=O)c1ccc(Br)c([N+](=O)[O-])c1)C(=O)N(C(C)C)C(C)C. The summed E-state index contributed by atoms with van der Waals surface area (Å²) in [5, 5.41) is 10.9. The topological polar surface area (TPSA) is 89.7 Å². The van der Waals surface area contributed by atoms with E-state index in [0.717, 1.165) is 6.07 Å². The summed E-state index contributed by atoms with van der Waals surface area (Å²) in [4.78, 5) is 36.6. The van der Waals surface area contributed by atoms with Crippen LogP contribution in [0.2, 0.25) is 0 Å². The highest BCUT2D eigenvalue weighted by Crippen LogP contribution is 2.26. The molecule has 1 amide bonds. The van der Waals surface area contributed by atoms with E-state index in [4.69, 9.17) is 4.74 Å². The van der Waals surface area contributed by atoms with Crippen molar-refractivity contribution in [3.63, 3.8) is 0 Å². The monoisotopic (exact) mass is 400 g/mol. The van der Waals surface area contributed by atoms with Crippen LogP contribution in [0.4, 0.5) is 5.69 Å². The van der Waals surface area contributed by atoms with Crippen LogP contribution >= 0.6 is 15.9 Å². The molecule has 1 aromatic rings. The van der Waals surface area contributed by atoms with Crippen molar-refractivity contribution in [2.75, 3.05) is 0 Å². The summed E-state index contributed by atoms with van der Waals surface area (Å²) in [6.45, 7) is 9.01. The number of carbonyl (C=O) groups is 2. The van der Waals surface area contributed by atoms with E-state index in [1.807, 2.05) is 27.7 Å². The minimum absolute atomic E-state index is 0.0187. The van der Waals surface area contributed by atoms with Crippen molar-refractivity contribution in [1.82, 2.24) is 4.90 Å². The fourth-order valence-electron chi connectivity index (χ4n) is 2.37. The normalized spacial score (nSPS) is 12.2. The molecule has 8 heteroatoms. The highest BCUT2D eigenvalue weighted by atomic mass is 79.9. The summed E-state index contributed by atoms with van der Waals surface area (Å²) in [5.74, 6) is -1.08. The number of rotatable bonds is 6. The zero-order chi connectivity index (χ0) is 18.6. The van der Waals surface area contributed by atoms with Gasteiger partial charge >= 0.3 is 5.97 Å². The molecular formula is C16H21BrN2O5. The second-order valence-corrected chi connectivity index (χ2v) is 6.76. The fraction of sp³-hybridized carbons (Fsp3) is 0.500. The first-order chi connectivity index (χ1) is 11.1. The van der Waals surface area contributed by atoms with E-state index < -0.39 is 17.0 Å². The summed E-state index contributed by atoms with van der Waals surface area (Å²) in [5.41, 5.74) is -0.223. The number of ether oxygens (including phenoxy) is 1. The second kappa shape index (κ2) is 8.23. The minimum Gasteiger partial charge on any atom is -0.449 e. The number of benzene rings is 1. The molecule has 0 aromatic heterocycles. The van der Waals surface area contributed by atoms with Gasteiger partial charge in [0.15, 0.2) is 6.10 Å². The van der Waals surface area contributed by atoms with Gasteiger partial charge in [0.25, 0.3) is 11.6 Å². The Morgan fingerprint density at radius 1 is 1.17 bits per heavy atom. The van der Waals surface area contributed by atoms with Crippen LogP contribution in [0.25, 0.3) is 0 Å². The maximum Gasteiger partial charge on any atom is 0.339 e. The van der Waals surface area contributed by atoms with E-state index in [9.17, 15) is 19.7 Å². The fourth-order valence-corrected chi connectivity index (χ4v) is 2.77. The predicted molar refractivity (Wildman–Crippen MR) is 92.8 cm³/mol. The van der Waals surface area contributed by atoms with E-state index in [0.29, 0.717) is 0 Å². The Balaban J connectivity index is 2.93. The lowest BCUT2D eigenvalue weighted by molar-refractivity contribution is -0.385.